The van der Waals surface area contributed by atoms with Crippen molar-refractivity contribution in [3.63, 3.8) is 0 Å². The van der Waals surface area contributed by atoms with Crippen LogP contribution >= 0.6 is 0 Å². The summed E-state index contributed by atoms with van der Waals surface area (Å²) in [6.07, 6.45) is 8.48. The maximum absolute atomic E-state index is 2.45. The van der Waals surface area contributed by atoms with Crippen LogP contribution in [0.5, 0.6) is 0 Å². The Morgan fingerprint density at radius 1 is 0.941 bits per heavy atom. The average molecular weight is 226 g/mol. The van der Waals surface area contributed by atoms with Gasteiger partial charge in [0.1, 0.15) is 0 Å². The Morgan fingerprint density at radius 3 is 2.35 bits per heavy atom. The lowest BCUT2D eigenvalue weighted by Crippen LogP contribution is -1.88. The number of hydrogen-bond donors (Lipinski definition) is 0. The Bertz CT molecular complexity index is 421. The quantitative estimate of drug-likeness (QED) is 0.658. The van der Waals surface area contributed by atoms with Crippen LogP contribution in [-0.2, 0) is 6.42 Å². The van der Waals surface area contributed by atoms with Gasteiger partial charge in [0, 0.05) is 0 Å². The highest BCUT2D eigenvalue weighted by Gasteiger charge is 2.12. The first-order valence-electron chi connectivity index (χ1n) is 6.77. The lowest BCUT2D eigenvalue weighted by atomic mass is 10.0. The van der Waals surface area contributed by atoms with Crippen LogP contribution in [0.3, 0.4) is 0 Å². The Balaban J connectivity index is 2.00. The molecule has 17 heavy (non-hydrogen) atoms. The van der Waals surface area contributed by atoms with Crippen LogP contribution in [0, 0.1) is 0 Å². The van der Waals surface area contributed by atoms with E-state index in [-0.39, 0.29) is 0 Å². The van der Waals surface area contributed by atoms with Gasteiger partial charge in [-0.1, -0.05) is 61.4 Å². The van der Waals surface area contributed by atoms with E-state index >= 15 is 0 Å². The molecule has 0 saturated heterocycles. The van der Waals surface area contributed by atoms with Gasteiger partial charge in [0.15, 0.2) is 0 Å². The summed E-state index contributed by atoms with van der Waals surface area (Å²) in [7, 11) is 0. The molecule has 1 aliphatic carbocycles. The molecular weight excluding hydrogens is 204 g/mol. The largest absolute Gasteiger partial charge is 0.0661 e. The van der Waals surface area contributed by atoms with Gasteiger partial charge in [0.25, 0.3) is 0 Å². The molecule has 0 spiro atoms. The van der Waals surface area contributed by atoms with Crippen LogP contribution in [-0.4, -0.2) is 0 Å². The minimum absolute atomic E-state index is 1.17. The number of rotatable bonds is 5. The first-order chi connectivity index (χ1) is 8.33. The normalized spacial score (nSPS) is 15.3. The first-order valence-corrected chi connectivity index (χ1v) is 6.77. The van der Waals surface area contributed by atoms with Gasteiger partial charge in [-0.3, -0.25) is 0 Å². The van der Waals surface area contributed by atoms with Crippen LogP contribution in [0.25, 0.3) is 0 Å². The van der Waals surface area contributed by atoms with Crippen molar-refractivity contribution >= 4 is 0 Å². The zero-order valence-corrected chi connectivity index (χ0v) is 11.0. The third-order valence-electron chi connectivity index (χ3n) is 3.68. The lowest BCUT2D eigenvalue weighted by Gasteiger charge is -2.05. The van der Waals surface area contributed by atoms with Crippen LogP contribution in [0.1, 0.15) is 45.1 Å². The van der Waals surface area contributed by atoms with Crippen molar-refractivity contribution < 1.29 is 0 Å². The molecular formula is C17H22. The van der Waals surface area contributed by atoms with E-state index < -0.39 is 0 Å². The van der Waals surface area contributed by atoms with E-state index in [2.05, 4.69) is 50.3 Å². The second-order valence-corrected chi connectivity index (χ2v) is 4.80. The van der Waals surface area contributed by atoms with E-state index in [4.69, 9.17) is 0 Å². The lowest BCUT2D eigenvalue weighted by molar-refractivity contribution is 0.914. The van der Waals surface area contributed by atoms with Gasteiger partial charge in [0.05, 0.1) is 0 Å². The van der Waals surface area contributed by atoms with Crippen molar-refractivity contribution in [2.75, 3.05) is 0 Å². The average Bonchev–Trinajstić information content (AvgIpc) is 2.80. The van der Waals surface area contributed by atoms with Gasteiger partial charge in [-0.25, -0.2) is 0 Å². The highest BCUT2D eigenvalue weighted by Crippen LogP contribution is 2.31. The molecule has 0 saturated carbocycles. The van der Waals surface area contributed by atoms with Crippen LogP contribution in [0.4, 0.5) is 0 Å². The van der Waals surface area contributed by atoms with Gasteiger partial charge in [-0.15, -0.1) is 0 Å². The van der Waals surface area contributed by atoms with Crippen molar-refractivity contribution in [1.82, 2.24) is 0 Å². The number of hydrogen-bond acceptors (Lipinski definition) is 0. The van der Waals surface area contributed by atoms with E-state index in [1.165, 1.54) is 37.7 Å². The zero-order valence-electron chi connectivity index (χ0n) is 11.0. The first kappa shape index (κ1) is 12.2. The van der Waals surface area contributed by atoms with Crippen molar-refractivity contribution in [2.24, 2.45) is 0 Å². The minimum Gasteiger partial charge on any atom is -0.0661 e. The third-order valence-corrected chi connectivity index (χ3v) is 3.68. The predicted octanol–water partition coefficient (Wildman–Crippen LogP) is 5.07. The van der Waals surface area contributed by atoms with Crippen LogP contribution in [0.15, 0.2) is 53.1 Å². The molecule has 0 amide bonds. The SMILES string of the molecule is CCC1=CC(CCc2ccccc2)=C(CC)C1. The molecule has 2 rings (SSSR count). The van der Waals surface area contributed by atoms with E-state index in [9.17, 15) is 0 Å². The van der Waals surface area contributed by atoms with Gasteiger partial charge in [-0.2, -0.15) is 0 Å². The Labute approximate surface area is 105 Å². The molecule has 1 aliphatic rings. The molecule has 0 fully saturated rings. The zero-order chi connectivity index (χ0) is 12.1. The predicted molar refractivity (Wildman–Crippen MR) is 75.1 cm³/mol. The molecule has 0 nitrogen and oxygen atoms in total. The van der Waals surface area contributed by atoms with Crippen molar-refractivity contribution in [1.29, 1.82) is 0 Å². The summed E-state index contributed by atoms with van der Waals surface area (Å²) < 4.78 is 0. The molecule has 1 aromatic rings. The fraction of sp³-hybridized carbons (Fsp3) is 0.412. The summed E-state index contributed by atoms with van der Waals surface area (Å²) in [4.78, 5) is 0. The second-order valence-electron chi connectivity index (χ2n) is 4.80. The van der Waals surface area contributed by atoms with Gasteiger partial charge >= 0.3 is 0 Å². The molecule has 0 N–H and O–H groups in total. The van der Waals surface area contributed by atoms with Crippen LogP contribution in [0.2, 0.25) is 0 Å². The van der Waals surface area contributed by atoms with Gasteiger partial charge in [-0.05, 0) is 43.2 Å². The Kier molecular flexibility index (Phi) is 4.19. The summed E-state index contributed by atoms with van der Waals surface area (Å²) in [6, 6.07) is 10.8. The van der Waals surface area contributed by atoms with E-state index in [0.717, 1.165) is 0 Å². The minimum atomic E-state index is 1.17. The Hall–Kier alpha value is -1.30. The Morgan fingerprint density at radius 2 is 1.71 bits per heavy atom. The van der Waals surface area contributed by atoms with Crippen molar-refractivity contribution in [3.8, 4) is 0 Å². The number of benzene rings is 1. The van der Waals surface area contributed by atoms with Gasteiger partial charge < -0.3 is 0 Å². The molecule has 1 aromatic carbocycles. The fourth-order valence-corrected chi connectivity index (χ4v) is 2.54. The summed E-state index contributed by atoms with van der Waals surface area (Å²) >= 11 is 0. The summed E-state index contributed by atoms with van der Waals surface area (Å²) in [5.74, 6) is 0. The third kappa shape index (κ3) is 3.09. The molecule has 0 heterocycles. The molecule has 0 radical (unpaired) electrons. The molecule has 0 bridgehead atoms. The van der Waals surface area contributed by atoms with Crippen molar-refractivity contribution in [2.45, 2.75) is 46.0 Å². The molecule has 0 heteroatoms. The monoisotopic (exact) mass is 226 g/mol. The van der Waals surface area contributed by atoms with E-state index in [1.807, 2.05) is 0 Å². The highest BCUT2D eigenvalue weighted by atomic mass is 14.2. The van der Waals surface area contributed by atoms with Gasteiger partial charge in [0.2, 0.25) is 0 Å². The fourth-order valence-electron chi connectivity index (χ4n) is 2.54. The summed E-state index contributed by atoms with van der Waals surface area (Å²) in [6.45, 7) is 4.55. The number of aryl methyl sites for hydroxylation is 1. The van der Waals surface area contributed by atoms with E-state index in [0.29, 0.717) is 0 Å². The molecule has 0 atom stereocenters. The maximum atomic E-state index is 2.45. The standard InChI is InChI=1S/C17H22/c1-3-14-12-16(4-2)17(13-14)11-10-15-8-6-5-7-9-15/h5-9,13H,3-4,10-12H2,1-2H3. The molecule has 0 aromatic heterocycles. The van der Waals surface area contributed by atoms with Crippen LogP contribution < -0.4 is 0 Å². The topological polar surface area (TPSA) is 0 Å². The number of allylic oxidation sites excluding steroid dienone is 4. The molecule has 0 unspecified atom stereocenters. The summed E-state index contributed by atoms with van der Waals surface area (Å²) in [5, 5.41) is 0. The second kappa shape index (κ2) is 5.86. The molecule has 90 valence electrons. The van der Waals surface area contributed by atoms with E-state index in [1.54, 1.807) is 16.7 Å². The smallest absolute Gasteiger partial charge is 0.00996 e. The highest BCUT2D eigenvalue weighted by molar-refractivity contribution is 5.39. The maximum Gasteiger partial charge on any atom is -0.00996 e. The van der Waals surface area contributed by atoms with Crippen molar-refractivity contribution in [3.05, 3.63) is 58.7 Å². The summed E-state index contributed by atoms with van der Waals surface area (Å²) in [5.41, 5.74) is 6.34. The molecule has 0 aliphatic heterocycles.